The average Bonchev–Trinajstić information content (AvgIpc) is 3.87. The van der Waals surface area contributed by atoms with Crippen LogP contribution in [0.5, 0.6) is 0 Å². The van der Waals surface area contributed by atoms with E-state index in [1.807, 2.05) is 12.1 Å². The van der Waals surface area contributed by atoms with E-state index < -0.39 is 84.2 Å². The number of allylic oxidation sites excluding steroid dienone is 8. The van der Waals surface area contributed by atoms with Gasteiger partial charge in [0.15, 0.2) is 0 Å². The second kappa shape index (κ2) is 14.7. The van der Waals surface area contributed by atoms with Crippen molar-refractivity contribution >= 4 is 232 Å². The third kappa shape index (κ3) is 5.84. The molecule has 4 fully saturated rings. The number of rotatable bonds is 8. The van der Waals surface area contributed by atoms with Gasteiger partial charge in [-0.2, -0.15) is 0 Å². The molecule has 4 saturated carbocycles. The lowest BCUT2D eigenvalue weighted by Gasteiger charge is -2.39. The molecule has 0 aromatic heterocycles. The largest absolute Gasteiger partial charge is 0.120 e. The smallest absolute Gasteiger partial charge is 0.0999 e. The highest BCUT2D eigenvalue weighted by atomic mass is 35.5. The van der Waals surface area contributed by atoms with Crippen LogP contribution in [0.3, 0.4) is 0 Å². The molecule has 8 bridgehead atoms. The molecule has 0 radical (unpaired) electrons. The first-order valence-corrected chi connectivity index (χ1v) is 25.9. The fourth-order valence-electron chi connectivity index (χ4n) is 11.5. The minimum absolute atomic E-state index is 0.216. The van der Waals surface area contributed by atoms with E-state index in [0.717, 1.165) is 22.3 Å². The van der Waals surface area contributed by atoms with Crippen LogP contribution in [0.15, 0.2) is 52.4 Å². The minimum atomic E-state index is -1.19. The van der Waals surface area contributed by atoms with Gasteiger partial charge in [-0.3, -0.25) is 0 Å². The number of alkyl halides is 12. The summed E-state index contributed by atoms with van der Waals surface area (Å²) in [5.74, 6) is -1.98. The van der Waals surface area contributed by atoms with Gasteiger partial charge >= 0.3 is 0 Å². The maximum Gasteiger partial charge on any atom is 0.0999 e. The molecule has 0 nitrogen and oxygen atoms in total. The second-order valence-electron chi connectivity index (χ2n) is 17.3. The Morgan fingerprint density at radius 1 is 0.328 bits per heavy atom. The molecule has 20 heteroatoms. The van der Waals surface area contributed by atoms with E-state index >= 15 is 0 Å². The molecule has 0 spiro atoms. The third-order valence-electron chi connectivity index (χ3n) is 14.6. The molecule has 8 aliphatic carbocycles. The van der Waals surface area contributed by atoms with Crippen LogP contribution in [-0.2, 0) is 25.7 Å². The molecule has 0 heterocycles. The molecule has 0 amide bonds. The highest BCUT2D eigenvalue weighted by Gasteiger charge is 2.72. The Morgan fingerprint density at radius 3 is 0.724 bits per heavy atom. The zero-order chi connectivity index (χ0) is 42.6. The van der Waals surface area contributed by atoms with Gasteiger partial charge in [0.05, 0.1) is 101 Å². The fourth-order valence-corrected chi connectivity index (χ4v) is 21.4. The van der Waals surface area contributed by atoms with Crippen LogP contribution in [0, 0.1) is 23.7 Å². The van der Waals surface area contributed by atoms with Gasteiger partial charge in [-0.1, -0.05) is 105 Å². The SMILES string of the molecule is ClC1=C(Cl)C2(Cl)CC1(Cl)C(Cl)C2Cc1ccc(CC2C(Cl)C3(Cl)CC2(Cl)C(Cl)=C3Cl)c(CC2C(Cl)C3(Cl)CC2(Cl)C(Cl)=C3Cl)c1CC1C(Cl)C2(Cl)CC1(Cl)C(Cl)=C2Cl. The highest BCUT2D eigenvalue weighted by Crippen LogP contribution is 2.72. The van der Waals surface area contributed by atoms with Crippen molar-refractivity contribution in [3.8, 4) is 0 Å². The molecule has 1 aromatic rings. The predicted molar refractivity (Wildman–Crippen MR) is 256 cm³/mol. The van der Waals surface area contributed by atoms with Gasteiger partial charge in [0, 0.05) is 23.7 Å². The van der Waals surface area contributed by atoms with Crippen molar-refractivity contribution in [2.24, 2.45) is 23.7 Å². The molecule has 1 aromatic carbocycles. The van der Waals surface area contributed by atoms with Crippen molar-refractivity contribution in [1.29, 1.82) is 0 Å². The number of hydrogen-bond acceptors (Lipinski definition) is 0. The normalized spacial score (nSPS) is 51.4. The van der Waals surface area contributed by atoms with Crippen LogP contribution in [0.1, 0.15) is 47.9 Å². The fraction of sp³-hybridized carbons (Fsp3) is 0.632. The number of hydrogen-bond donors (Lipinski definition) is 0. The Morgan fingerprint density at radius 2 is 0.517 bits per heavy atom. The summed E-state index contributed by atoms with van der Waals surface area (Å²) in [6, 6.07) is 4.03. The minimum Gasteiger partial charge on any atom is -0.120 e. The molecule has 8 aliphatic rings. The van der Waals surface area contributed by atoms with Crippen LogP contribution in [0.25, 0.3) is 0 Å². The lowest BCUT2D eigenvalue weighted by Crippen LogP contribution is -2.41. The van der Waals surface area contributed by atoms with Crippen molar-refractivity contribution in [3.63, 3.8) is 0 Å². The summed E-state index contributed by atoms with van der Waals surface area (Å²) in [6.07, 6.45) is 2.11. The monoisotopic (exact) mass is 1180 g/mol. The van der Waals surface area contributed by atoms with Gasteiger partial charge in [0.2, 0.25) is 0 Å². The van der Waals surface area contributed by atoms with Crippen molar-refractivity contribution in [3.05, 3.63) is 74.6 Å². The van der Waals surface area contributed by atoms with Crippen molar-refractivity contribution in [1.82, 2.24) is 0 Å². The van der Waals surface area contributed by atoms with Crippen LogP contribution in [-0.4, -0.2) is 60.5 Å². The van der Waals surface area contributed by atoms with Crippen LogP contribution in [0.4, 0.5) is 0 Å². The van der Waals surface area contributed by atoms with Crippen molar-refractivity contribution < 1.29 is 0 Å². The third-order valence-corrected chi connectivity index (χ3v) is 27.8. The Hall–Kier alpha value is 3.98. The van der Waals surface area contributed by atoms with Crippen molar-refractivity contribution in [2.75, 3.05) is 0 Å². The first-order chi connectivity index (χ1) is 26.6. The lowest BCUT2D eigenvalue weighted by atomic mass is 9.74. The van der Waals surface area contributed by atoms with E-state index in [1.165, 1.54) is 0 Å². The van der Waals surface area contributed by atoms with E-state index in [1.54, 1.807) is 0 Å². The van der Waals surface area contributed by atoms with Crippen LogP contribution >= 0.6 is 232 Å². The summed E-state index contributed by atoms with van der Waals surface area (Å²) in [5, 5.41) is -0.827. The standard InChI is InChI=1S/C38H26Cl20/c39-19-15(31(51)7-35(19,55)27(47)23(31)43)3-11-1-2-12(4-16-20(40)36(56)8-32(16,52)24(44)28(36)48)14(6-18-22(42)38(58)10-34(18,54)26(46)30(38)50)13(11)5-17-21(41)37(57)9-33(17,53)25(45)29(37)49/h1-2,15-22H,3-10H2. The molecule has 16 unspecified atom stereocenters. The number of halogens is 20. The molecule has 0 aliphatic heterocycles. The van der Waals surface area contributed by atoms with Crippen LogP contribution in [0.2, 0.25) is 0 Å². The van der Waals surface area contributed by atoms with Gasteiger partial charge < -0.3 is 0 Å². The van der Waals surface area contributed by atoms with Gasteiger partial charge in [-0.15, -0.1) is 139 Å². The number of benzene rings is 1. The average molecular weight is 1190 g/mol. The predicted octanol–water partition coefficient (Wildman–Crippen LogP) is 17.0. The Labute approximate surface area is 436 Å². The van der Waals surface area contributed by atoms with E-state index in [4.69, 9.17) is 232 Å². The molecular formula is C38H26Cl20. The van der Waals surface area contributed by atoms with E-state index in [-0.39, 0.29) is 78.8 Å². The van der Waals surface area contributed by atoms with Gasteiger partial charge in [-0.05, 0) is 73.6 Å². The Bertz CT molecular complexity index is 2050. The summed E-state index contributed by atoms with van der Waals surface area (Å²) in [6.45, 7) is 0. The summed E-state index contributed by atoms with van der Waals surface area (Å²) in [4.78, 5) is -9.35. The summed E-state index contributed by atoms with van der Waals surface area (Å²) in [5.41, 5.74) is 3.41. The van der Waals surface area contributed by atoms with Gasteiger partial charge in [-0.25, -0.2) is 0 Å². The Kier molecular flexibility index (Phi) is 12.0. The zero-order valence-electron chi connectivity index (χ0n) is 29.0. The summed E-state index contributed by atoms with van der Waals surface area (Å²) < 4.78 is 0. The van der Waals surface area contributed by atoms with E-state index in [2.05, 4.69) is 0 Å². The maximum atomic E-state index is 7.47. The van der Waals surface area contributed by atoms with Gasteiger partial charge in [0.25, 0.3) is 0 Å². The highest BCUT2D eigenvalue weighted by molar-refractivity contribution is 6.56. The Balaban J connectivity index is 1.23. The van der Waals surface area contributed by atoms with E-state index in [0.29, 0.717) is 12.8 Å². The zero-order valence-corrected chi connectivity index (χ0v) is 44.1. The number of fused-ring (bicyclic) bond motifs is 8. The molecule has 58 heavy (non-hydrogen) atoms. The van der Waals surface area contributed by atoms with Gasteiger partial charge in [0.1, 0.15) is 0 Å². The lowest BCUT2D eigenvalue weighted by molar-refractivity contribution is 0.437. The quantitative estimate of drug-likeness (QED) is 0.228. The molecule has 9 rings (SSSR count). The topological polar surface area (TPSA) is 0 Å². The summed E-state index contributed by atoms with van der Waals surface area (Å²) in [7, 11) is 0. The second-order valence-corrected chi connectivity index (χ2v) is 27.6. The van der Waals surface area contributed by atoms with E-state index in [9.17, 15) is 0 Å². The summed E-state index contributed by atoms with van der Waals surface area (Å²) >= 11 is 141. The molecule has 16 atom stereocenters. The molecule has 0 N–H and O–H groups in total. The maximum absolute atomic E-state index is 7.47. The van der Waals surface area contributed by atoms with Crippen LogP contribution < -0.4 is 0 Å². The molecular weight excluding hydrogens is 1170 g/mol. The first kappa shape index (κ1) is 47.1. The first-order valence-electron chi connectivity index (χ1n) is 18.1. The molecule has 0 saturated heterocycles. The molecule has 318 valence electrons. The van der Waals surface area contributed by atoms with Crippen molar-refractivity contribution in [2.45, 2.75) is 112 Å².